The Morgan fingerprint density at radius 2 is 1.84 bits per heavy atom. The van der Waals surface area contributed by atoms with Crippen LogP contribution < -0.4 is 4.74 Å². The van der Waals surface area contributed by atoms with E-state index >= 15 is 0 Å². The molecule has 2 unspecified atom stereocenters. The average Bonchev–Trinajstić information content (AvgIpc) is 2.37. The van der Waals surface area contributed by atoms with E-state index in [0.29, 0.717) is 12.0 Å². The molecule has 108 valence electrons. The molecule has 0 aliphatic heterocycles. The summed E-state index contributed by atoms with van der Waals surface area (Å²) in [5, 5.41) is 9.69. The first-order chi connectivity index (χ1) is 8.86. The van der Waals surface area contributed by atoms with Crippen molar-refractivity contribution in [1.29, 1.82) is 0 Å². The second-order valence-electron chi connectivity index (χ2n) is 5.65. The molecule has 0 saturated heterocycles. The average molecular weight is 265 g/mol. The minimum atomic E-state index is -0.447. The molecule has 0 saturated carbocycles. The number of hydrogen-bond donors (Lipinski definition) is 1. The van der Waals surface area contributed by atoms with Crippen LogP contribution in [0.4, 0.5) is 0 Å². The van der Waals surface area contributed by atoms with Crippen molar-refractivity contribution in [3.05, 3.63) is 29.3 Å². The molecular formula is C16H27NO2. The zero-order valence-electron chi connectivity index (χ0n) is 13.0. The Hall–Kier alpha value is -1.06. The Labute approximate surface area is 117 Å². The van der Waals surface area contributed by atoms with Crippen molar-refractivity contribution >= 4 is 0 Å². The van der Waals surface area contributed by atoms with Crippen molar-refractivity contribution < 1.29 is 9.84 Å². The van der Waals surface area contributed by atoms with Gasteiger partial charge in [-0.05, 0) is 44.5 Å². The first kappa shape index (κ1) is 16.0. The van der Waals surface area contributed by atoms with E-state index in [1.165, 1.54) is 0 Å². The van der Waals surface area contributed by atoms with E-state index in [9.17, 15) is 5.11 Å². The molecule has 1 N–H and O–H groups in total. The number of benzene rings is 1. The van der Waals surface area contributed by atoms with Gasteiger partial charge in [0.2, 0.25) is 0 Å². The van der Waals surface area contributed by atoms with Crippen molar-refractivity contribution in [1.82, 2.24) is 4.90 Å². The number of rotatable bonds is 6. The zero-order chi connectivity index (χ0) is 14.6. The summed E-state index contributed by atoms with van der Waals surface area (Å²) in [4.78, 5) is 2.31. The Balaban J connectivity index is 2.94. The fourth-order valence-corrected chi connectivity index (χ4v) is 2.10. The standard InChI is InChI=1S/C16H27NO2/c1-11(2)12(3)17(5)10-15-9-14(13(4)18)7-8-16(15)19-6/h7-9,11-13,18H,10H2,1-6H3. The Morgan fingerprint density at radius 3 is 2.32 bits per heavy atom. The highest BCUT2D eigenvalue weighted by atomic mass is 16.5. The maximum absolute atomic E-state index is 9.69. The third kappa shape index (κ3) is 4.22. The fraction of sp³-hybridized carbons (Fsp3) is 0.625. The number of nitrogens with zero attached hydrogens (tertiary/aromatic N) is 1. The van der Waals surface area contributed by atoms with Crippen molar-refractivity contribution in [3.8, 4) is 5.75 Å². The number of aliphatic hydroxyl groups is 1. The van der Waals surface area contributed by atoms with E-state index in [4.69, 9.17) is 4.74 Å². The lowest BCUT2D eigenvalue weighted by Gasteiger charge is -2.28. The molecule has 0 fully saturated rings. The van der Waals surface area contributed by atoms with Crippen molar-refractivity contribution in [2.45, 2.75) is 46.4 Å². The van der Waals surface area contributed by atoms with Crippen LogP contribution in [0.25, 0.3) is 0 Å². The van der Waals surface area contributed by atoms with Gasteiger partial charge >= 0.3 is 0 Å². The van der Waals surface area contributed by atoms with Gasteiger partial charge in [0.15, 0.2) is 0 Å². The second-order valence-corrected chi connectivity index (χ2v) is 5.65. The van der Waals surface area contributed by atoms with Gasteiger partial charge in [-0.25, -0.2) is 0 Å². The van der Waals surface area contributed by atoms with Gasteiger partial charge in [-0.15, -0.1) is 0 Å². The molecule has 0 aliphatic rings. The quantitative estimate of drug-likeness (QED) is 0.857. The van der Waals surface area contributed by atoms with Crippen LogP contribution >= 0.6 is 0 Å². The maximum Gasteiger partial charge on any atom is 0.123 e. The molecule has 0 aliphatic carbocycles. The van der Waals surface area contributed by atoms with E-state index in [1.807, 2.05) is 18.2 Å². The Bertz CT molecular complexity index is 402. The summed E-state index contributed by atoms with van der Waals surface area (Å²) in [5.74, 6) is 1.49. The smallest absolute Gasteiger partial charge is 0.123 e. The van der Waals surface area contributed by atoms with Crippen LogP contribution in [0, 0.1) is 5.92 Å². The molecule has 1 aromatic carbocycles. The Morgan fingerprint density at radius 1 is 1.21 bits per heavy atom. The summed E-state index contributed by atoms with van der Waals surface area (Å²) in [6, 6.07) is 6.39. The predicted molar refractivity (Wildman–Crippen MR) is 79.4 cm³/mol. The maximum atomic E-state index is 9.69. The molecule has 1 aromatic rings. The molecule has 0 radical (unpaired) electrons. The third-order valence-corrected chi connectivity index (χ3v) is 3.87. The lowest BCUT2D eigenvalue weighted by molar-refractivity contribution is 0.193. The highest BCUT2D eigenvalue weighted by Crippen LogP contribution is 2.25. The van der Waals surface area contributed by atoms with Crippen LogP contribution in [0.3, 0.4) is 0 Å². The van der Waals surface area contributed by atoms with Gasteiger partial charge in [-0.2, -0.15) is 0 Å². The zero-order valence-corrected chi connectivity index (χ0v) is 13.0. The highest BCUT2D eigenvalue weighted by molar-refractivity contribution is 5.38. The summed E-state index contributed by atoms with van der Waals surface area (Å²) in [6.07, 6.45) is -0.447. The molecule has 0 spiro atoms. The second kappa shape index (κ2) is 6.92. The van der Waals surface area contributed by atoms with Crippen LogP contribution in [0.5, 0.6) is 5.75 Å². The molecule has 3 nitrogen and oxygen atoms in total. The minimum absolute atomic E-state index is 0.447. The lowest BCUT2D eigenvalue weighted by Crippen LogP contribution is -2.32. The van der Waals surface area contributed by atoms with E-state index in [2.05, 4.69) is 32.7 Å². The summed E-state index contributed by atoms with van der Waals surface area (Å²) in [5.41, 5.74) is 2.05. The molecule has 3 heteroatoms. The van der Waals surface area contributed by atoms with Crippen LogP contribution in [0.15, 0.2) is 18.2 Å². The van der Waals surface area contributed by atoms with Gasteiger partial charge in [0.1, 0.15) is 5.75 Å². The van der Waals surface area contributed by atoms with Gasteiger partial charge in [0.25, 0.3) is 0 Å². The normalized spacial score (nSPS) is 14.8. The molecule has 2 atom stereocenters. The summed E-state index contributed by atoms with van der Waals surface area (Å²) >= 11 is 0. The van der Waals surface area contributed by atoms with Crippen molar-refractivity contribution in [3.63, 3.8) is 0 Å². The van der Waals surface area contributed by atoms with E-state index in [0.717, 1.165) is 23.4 Å². The summed E-state index contributed by atoms with van der Waals surface area (Å²) in [7, 11) is 3.81. The van der Waals surface area contributed by atoms with Crippen molar-refractivity contribution in [2.75, 3.05) is 14.2 Å². The Kier molecular flexibility index (Phi) is 5.83. The monoisotopic (exact) mass is 265 g/mol. The van der Waals surface area contributed by atoms with Gasteiger partial charge < -0.3 is 9.84 Å². The number of methoxy groups -OCH3 is 1. The van der Waals surface area contributed by atoms with Crippen LogP contribution in [0.2, 0.25) is 0 Å². The third-order valence-electron chi connectivity index (χ3n) is 3.87. The number of hydrogen-bond acceptors (Lipinski definition) is 3. The summed E-state index contributed by atoms with van der Waals surface area (Å²) in [6.45, 7) is 9.29. The van der Waals surface area contributed by atoms with Gasteiger partial charge in [0, 0.05) is 18.2 Å². The molecule has 0 heterocycles. The van der Waals surface area contributed by atoms with E-state index in [-0.39, 0.29) is 0 Å². The van der Waals surface area contributed by atoms with Crippen molar-refractivity contribution in [2.24, 2.45) is 5.92 Å². The minimum Gasteiger partial charge on any atom is -0.496 e. The SMILES string of the molecule is COc1ccc(C(C)O)cc1CN(C)C(C)C(C)C. The molecule has 1 rings (SSSR count). The number of aliphatic hydroxyl groups excluding tert-OH is 1. The fourth-order valence-electron chi connectivity index (χ4n) is 2.10. The number of ether oxygens (including phenoxy) is 1. The van der Waals surface area contributed by atoms with Gasteiger partial charge in [-0.3, -0.25) is 4.90 Å². The molecule has 19 heavy (non-hydrogen) atoms. The lowest BCUT2D eigenvalue weighted by atomic mass is 10.0. The largest absolute Gasteiger partial charge is 0.496 e. The topological polar surface area (TPSA) is 32.7 Å². The first-order valence-electron chi connectivity index (χ1n) is 6.92. The highest BCUT2D eigenvalue weighted by Gasteiger charge is 2.16. The van der Waals surface area contributed by atoms with E-state index in [1.54, 1.807) is 14.0 Å². The molecular weight excluding hydrogens is 238 g/mol. The predicted octanol–water partition coefficient (Wildman–Crippen LogP) is 3.22. The molecule has 0 amide bonds. The van der Waals surface area contributed by atoms with Crippen LogP contribution in [-0.2, 0) is 6.54 Å². The molecule has 0 bridgehead atoms. The van der Waals surface area contributed by atoms with Crippen LogP contribution in [-0.4, -0.2) is 30.2 Å². The summed E-state index contributed by atoms with van der Waals surface area (Å²) < 4.78 is 5.41. The van der Waals surface area contributed by atoms with E-state index < -0.39 is 6.10 Å². The van der Waals surface area contributed by atoms with Gasteiger partial charge in [0.05, 0.1) is 13.2 Å². The van der Waals surface area contributed by atoms with Crippen LogP contribution in [0.1, 0.15) is 44.9 Å². The molecule has 0 aromatic heterocycles. The first-order valence-corrected chi connectivity index (χ1v) is 6.92. The van der Waals surface area contributed by atoms with Gasteiger partial charge in [-0.1, -0.05) is 19.9 Å².